The van der Waals surface area contributed by atoms with Gasteiger partial charge in [-0.05, 0) is 49.2 Å². The summed E-state index contributed by atoms with van der Waals surface area (Å²) in [5, 5.41) is 2.70. The van der Waals surface area contributed by atoms with E-state index in [-0.39, 0.29) is 24.1 Å². The topological polar surface area (TPSA) is 71.5 Å². The van der Waals surface area contributed by atoms with Crippen LogP contribution in [0.25, 0.3) is 0 Å². The molecule has 2 aromatic rings. The molecular weight excluding hydrogens is 306 g/mol. The fourth-order valence-corrected chi connectivity index (χ4v) is 2.00. The predicted molar refractivity (Wildman–Crippen MR) is 92.3 cm³/mol. The van der Waals surface area contributed by atoms with Gasteiger partial charge in [0.05, 0.1) is 0 Å². The molecule has 0 radical (unpaired) electrons. The van der Waals surface area contributed by atoms with Crippen LogP contribution < -0.4 is 10.1 Å². The maximum atomic E-state index is 12.0. The van der Waals surface area contributed by atoms with Crippen molar-refractivity contribution >= 4 is 17.5 Å². The lowest BCUT2D eigenvalue weighted by molar-refractivity contribution is -0.118. The number of benzene rings is 1. The van der Waals surface area contributed by atoms with Crippen LogP contribution in [0.1, 0.15) is 21.6 Å². The van der Waals surface area contributed by atoms with E-state index < -0.39 is 0 Å². The van der Waals surface area contributed by atoms with Gasteiger partial charge < -0.3 is 15.0 Å². The molecule has 0 saturated carbocycles. The quantitative estimate of drug-likeness (QED) is 0.915. The molecule has 0 aliphatic carbocycles. The van der Waals surface area contributed by atoms with Crippen LogP contribution >= 0.6 is 0 Å². The number of aromatic nitrogens is 1. The highest BCUT2D eigenvalue weighted by atomic mass is 16.5. The summed E-state index contributed by atoms with van der Waals surface area (Å²) in [6.45, 7) is 3.90. The molecule has 6 heteroatoms. The fraction of sp³-hybridized carbons (Fsp3) is 0.278. The van der Waals surface area contributed by atoms with E-state index >= 15 is 0 Å². The first-order valence-electron chi connectivity index (χ1n) is 7.54. The van der Waals surface area contributed by atoms with Crippen LogP contribution in [0.2, 0.25) is 0 Å². The van der Waals surface area contributed by atoms with Gasteiger partial charge in [0.15, 0.2) is 6.61 Å². The Hall–Kier alpha value is -2.89. The lowest BCUT2D eigenvalue weighted by Crippen LogP contribution is -2.24. The van der Waals surface area contributed by atoms with Crippen molar-refractivity contribution in [3.8, 4) is 5.75 Å². The zero-order valence-electron chi connectivity index (χ0n) is 14.3. The van der Waals surface area contributed by atoms with Gasteiger partial charge in [-0.1, -0.05) is 6.07 Å². The number of hydrogen-bond acceptors (Lipinski definition) is 4. The molecule has 2 amide bonds. The minimum absolute atomic E-state index is 0.109. The van der Waals surface area contributed by atoms with E-state index in [1.807, 2.05) is 32.0 Å². The summed E-state index contributed by atoms with van der Waals surface area (Å²) in [5.74, 6) is 0.117. The highest BCUT2D eigenvalue weighted by Gasteiger charge is 2.11. The molecule has 24 heavy (non-hydrogen) atoms. The number of nitrogens with zero attached hydrogens (tertiary/aromatic N) is 2. The maximum absolute atomic E-state index is 12.0. The maximum Gasteiger partial charge on any atom is 0.272 e. The first-order valence-corrected chi connectivity index (χ1v) is 7.54. The van der Waals surface area contributed by atoms with Gasteiger partial charge in [0.2, 0.25) is 0 Å². The van der Waals surface area contributed by atoms with Crippen LogP contribution in [0.5, 0.6) is 5.75 Å². The molecule has 1 aromatic heterocycles. The summed E-state index contributed by atoms with van der Waals surface area (Å²) in [4.78, 5) is 29.3. The van der Waals surface area contributed by atoms with Gasteiger partial charge in [0.25, 0.3) is 11.8 Å². The summed E-state index contributed by atoms with van der Waals surface area (Å²) >= 11 is 0. The molecule has 126 valence electrons. The second-order valence-corrected chi connectivity index (χ2v) is 5.71. The number of hydrogen-bond donors (Lipinski definition) is 1. The second kappa shape index (κ2) is 7.59. The normalized spacial score (nSPS) is 10.2. The zero-order chi connectivity index (χ0) is 17.7. The monoisotopic (exact) mass is 327 g/mol. The van der Waals surface area contributed by atoms with Crippen LogP contribution in [0, 0.1) is 13.8 Å². The average Bonchev–Trinajstić information content (AvgIpc) is 2.55. The number of carbonyl (C=O) groups excluding carboxylic acids is 2. The van der Waals surface area contributed by atoms with Gasteiger partial charge in [-0.15, -0.1) is 0 Å². The van der Waals surface area contributed by atoms with E-state index in [9.17, 15) is 9.59 Å². The smallest absolute Gasteiger partial charge is 0.272 e. The fourth-order valence-electron chi connectivity index (χ4n) is 2.00. The molecular formula is C18H21N3O3. The molecule has 1 heterocycles. The van der Waals surface area contributed by atoms with E-state index in [0.717, 1.165) is 5.56 Å². The number of carbonyl (C=O) groups is 2. The van der Waals surface area contributed by atoms with Crippen molar-refractivity contribution in [3.63, 3.8) is 0 Å². The largest absolute Gasteiger partial charge is 0.484 e. The first-order chi connectivity index (χ1) is 11.4. The zero-order valence-corrected chi connectivity index (χ0v) is 14.3. The highest BCUT2D eigenvalue weighted by Crippen LogP contribution is 2.16. The molecule has 0 aliphatic rings. The molecule has 0 aliphatic heterocycles. The molecule has 1 N–H and O–H groups in total. The molecule has 0 spiro atoms. The SMILES string of the molecule is Cc1ccc(OCC(=O)Nc2ccnc(C(=O)N(C)C)c2)cc1C. The van der Waals surface area contributed by atoms with Gasteiger partial charge in [-0.3, -0.25) is 14.6 Å². The molecule has 0 fully saturated rings. The van der Waals surface area contributed by atoms with Crippen LogP contribution in [-0.4, -0.2) is 42.4 Å². The van der Waals surface area contributed by atoms with Crippen LogP contribution in [0.4, 0.5) is 5.69 Å². The molecule has 0 atom stereocenters. The number of ether oxygens (including phenoxy) is 1. The van der Waals surface area contributed by atoms with Crippen molar-refractivity contribution < 1.29 is 14.3 Å². The number of pyridine rings is 1. The summed E-state index contributed by atoms with van der Waals surface area (Å²) in [6.07, 6.45) is 1.48. The number of aryl methyl sites for hydroxylation is 2. The van der Waals surface area contributed by atoms with Gasteiger partial charge in [-0.25, -0.2) is 0 Å². The van der Waals surface area contributed by atoms with Crippen LogP contribution in [-0.2, 0) is 4.79 Å². The van der Waals surface area contributed by atoms with Crippen molar-refractivity contribution in [2.45, 2.75) is 13.8 Å². The number of anilines is 1. The Morgan fingerprint density at radius 1 is 1.12 bits per heavy atom. The van der Waals surface area contributed by atoms with E-state index in [2.05, 4.69) is 10.3 Å². The van der Waals surface area contributed by atoms with E-state index in [1.54, 1.807) is 20.2 Å². The van der Waals surface area contributed by atoms with Gasteiger partial charge in [0.1, 0.15) is 11.4 Å². The summed E-state index contributed by atoms with van der Waals surface area (Å²) in [7, 11) is 3.29. The summed E-state index contributed by atoms with van der Waals surface area (Å²) < 4.78 is 5.49. The minimum atomic E-state index is -0.303. The lowest BCUT2D eigenvalue weighted by atomic mass is 10.1. The average molecular weight is 327 g/mol. The van der Waals surface area contributed by atoms with Crippen LogP contribution in [0.15, 0.2) is 36.5 Å². The van der Waals surface area contributed by atoms with E-state index in [4.69, 9.17) is 4.74 Å². The molecule has 2 rings (SSSR count). The molecule has 0 saturated heterocycles. The van der Waals surface area contributed by atoms with Crippen molar-refractivity contribution in [1.82, 2.24) is 9.88 Å². The van der Waals surface area contributed by atoms with Gasteiger partial charge >= 0.3 is 0 Å². The summed E-state index contributed by atoms with van der Waals surface area (Å²) in [6, 6.07) is 8.83. The second-order valence-electron chi connectivity index (χ2n) is 5.71. The van der Waals surface area contributed by atoms with E-state index in [1.165, 1.54) is 22.7 Å². The van der Waals surface area contributed by atoms with E-state index in [0.29, 0.717) is 11.4 Å². The minimum Gasteiger partial charge on any atom is -0.484 e. The Morgan fingerprint density at radius 2 is 1.88 bits per heavy atom. The highest BCUT2D eigenvalue weighted by molar-refractivity contribution is 5.95. The number of amides is 2. The molecule has 0 bridgehead atoms. The van der Waals surface area contributed by atoms with Crippen molar-refractivity contribution in [2.75, 3.05) is 26.0 Å². The number of rotatable bonds is 5. The third-order valence-corrected chi connectivity index (χ3v) is 3.52. The Balaban J connectivity index is 1.96. The standard InChI is InChI=1S/C18H21N3O3/c1-12-5-6-15(9-13(12)2)24-11-17(22)20-14-7-8-19-16(10-14)18(23)21(3)4/h5-10H,11H2,1-4H3,(H,19,20,22). The Kier molecular flexibility index (Phi) is 5.52. The first kappa shape index (κ1) is 17.5. The number of nitrogens with one attached hydrogen (secondary N) is 1. The van der Waals surface area contributed by atoms with Gasteiger partial charge in [-0.2, -0.15) is 0 Å². The molecule has 6 nitrogen and oxygen atoms in total. The van der Waals surface area contributed by atoms with Crippen molar-refractivity contribution in [3.05, 3.63) is 53.3 Å². The Bertz CT molecular complexity index is 757. The summed E-state index contributed by atoms with van der Waals surface area (Å²) in [5.41, 5.74) is 3.05. The molecule has 0 unspecified atom stereocenters. The third-order valence-electron chi connectivity index (χ3n) is 3.52. The van der Waals surface area contributed by atoms with Crippen LogP contribution in [0.3, 0.4) is 0 Å². The van der Waals surface area contributed by atoms with Crippen molar-refractivity contribution in [1.29, 1.82) is 0 Å². The third kappa shape index (κ3) is 4.55. The Labute approximate surface area is 141 Å². The van der Waals surface area contributed by atoms with Gasteiger partial charge in [0, 0.05) is 26.0 Å². The predicted octanol–water partition coefficient (Wildman–Crippen LogP) is 2.42. The Morgan fingerprint density at radius 3 is 2.54 bits per heavy atom. The molecule has 1 aromatic carbocycles. The van der Waals surface area contributed by atoms with Crippen molar-refractivity contribution in [2.24, 2.45) is 0 Å². The lowest BCUT2D eigenvalue weighted by Gasteiger charge is -2.11.